The lowest BCUT2D eigenvalue weighted by Gasteiger charge is -2.16. The highest BCUT2D eigenvalue weighted by molar-refractivity contribution is 5.81. The van der Waals surface area contributed by atoms with Crippen LogP contribution in [0.3, 0.4) is 0 Å². The molecule has 3 amide bonds. The topological polar surface area (TPSA) is 117 Å². The molecule has 112 valence electrons. The summed E-state index contributed by atoms with van der Waals surface area (Å²) in [4.78, 5) is 33.8. The summed E-state index contributed by atoms with van der Waals surface area (Å²) in [6, 6.07) is -0.971. The van der Waals surface area contributed by atoms with Crippen molar-refractivity contribution < 1.29 is 24.2 Å². The molecule has 1 aliphatic carbocycles. The summed E-state index contributed by atoms with van der Waals surface area (Å²) in [5.74, 6) is -1.52. The lowest BCUT2D eigenvalue weighted by Crippen LogP contribution is -2.48. The molecule has 2 unspecified atom stereocenters. The van der Waals surface area contributed by atoms with Gasteiger partial charge in [-0.3, -0.25) is 9.59 Å². The number of ether oxygens (including phenoxy) is 1. The molecule has 8 heteroatoms. The number of rotatable bonds is 6. The predicted octanol–water partition coefficient (Wildman–Crippen LogP) is -1.09. The van der Waals surface area contributed by atoms with Crippen molar-refractivity contribution in [3.05, 3.63) is 0 Å². The largest absolute Gasteiger partial charge is 0.481 e. The summed E-state index contributed by atoms with van der Waals surface area (Å²) in [6.45, 7) is 0.975. The molecule has 0 spiro atoms. The Morgan fingerprint density at radius 1 is 1.10 bits per heavy atom. The van der Waals surface area contributed by atoms with E-state index in [9.17, 15) is 14.4 Å². The van der Waals surface area contributed by atoms with Gasteiger partial charge in [-0.05, 0) is 12.8 Å². The van der Waals surface area contributed by atoms with Crippen molar-refractivity contribution in [1.29, 1.82) is 0 Å². The van der Waals surface area contributed by atoms with Gasteiger partial charge in [-0.1, -0.05) is 0 Å². The number of nitrogens with one attached hydrogen (secondary N) is 3. The first-order chi connectivity index (χ1) is 9.58. The van der Waals surface area contributed by atoms with E-state index < -0.39 is 24.0 Å². The highest BCUT2D eigenvalue weighted by atomic mass is 16.5. The Balaban J connectivity index is 1.60. The maximum Gasteiger partial charge on any atom is 0.315 e. The highest BCUT2D eigenvalue weighted by Crippen LogP contribution is 2.28. The molecule has 0 aromatic carbocycles. The molecule has 2 aliphatic rings. The van der Waals surface area contributed by atoms with Crippen molar-refractivity contribution in [2.75, 3.05) is 26.3 Å². The Bertz CT molecular complexity index is 397. The number of amides is 3. The summed E-state index contributed by atoms with van der Waals surface area (Å²) in [7, 11) is 0. The number of carboxylic acid groups (broad SMARTS) is 1. The Morgan fingerprint density at radius 3 is 2.45 bits per heavy atom. The van der Waals surface area contributed by atoms with Crippen molar-refractivity contribution in [2.24, 2.45) is 11.8 Å². The van der Waals surface area contributed by atoms with Crippen LogP contribution in [0.15, 0.2) is 0 Å². The summed E-state index contributed by atoms with van der Waals surface area (Å²) >= 11 is 0. The average molecular weight is 285 g/mol. The first kappa shape index (κ1) is 14.6. The van der Waals surface area contributed by atoms with Crippen molar-refractivity contribution in [1.82, 2.24) is 16.0 Å². The van der Waals surface area contributed by atoms with Crippen LogP contribution in [0.4, 0.5) is 4.79 Å². The molecule has 2 atom stereocenters. The minimum atomic E-state index is -0.982. The van der Waals surface area contributed by atoms with E-state index in [1.54, 1.807) is 0 Å². The smallest absolute Gasteiger partial charge is 0.315 e. The molecule has 2 fully saturated rings. The number of carboxylic acids is 1. The molecule has 20 heavy (non-hydrogen) atoms. The molecular formula is C12H19N3O5. The molecule has 0 aromatic rings. The summed E-state index contributed by atoms with van der Waals surface area (Å²) in [5.41, 5.74) is 0. The summed E-state index contributed by atoms with van der Waals surface area (Å²) in [5, 5.41) is 16.8. The molecule has 0 aromatic heterocycles. The average Bonchev–Trinajstić information content (AvgIpc) is 3.15. The zero-order valence-electron chi connectivity index (χ0n) is 11.1. The summed E-state index contributed by atoms with van der Waals surface area (Å²) in [6.07, 6.45) is 1.88. The highest BCUT2D eigenvalue weighted by Gasteiger charge is 2.35. The molecule has 0 bridgehead atoms. The lowest BCUT2D eigenvalue weighted by molar-refractivity contribution is -0.142. The predicted molar refractivity (Wildman–Crippen MR) is 68.0 cm³/mol. The molecule has 1 saturated carbocycles. The van der Waals surface area contributed by atoms with Gasteiger partial charge in [-0.25, -0.2) is 4.79 Å². The number of hydrogen-bond donors (Lipinski definition) is 4. The van der Waals surface area contributed by atoms with Crippen LogP contribution in [-0.4, -0.2) is 55.4 Å². The van der Waals surface area contributed by atoms with Crippen LogP contribution in [0.5, 0.6) is 0 Å². The fourth-order valence-corrected chi connectivity index (χ4v) is 2.01. The van der Waals surface area contributed by atoms with Crippen molar-refractivity contribution in [2.45, 2.75) is 18.9 Å². The van der Waals surface area contributed by atoms with Crippen LogP contribution in [0, 0.1) is 11.8 Å². The van der Waals surface area contributed by atoms with Gasteiger partial charge < -0.3 is 25.8 Å². The van der Waals surface area contributed by atoms with Crippen LogP contribution in [0.1, 0.15) is 12.8 Å². The molecule has 8 nitrogen and oxygen atoms in total. The number of urea groups is 1. The van der Waals surface area contributed by atoms with Crippen LogP contribution in [0.25, 0.3) is 0 Å². The van der Waals surface area contributed by atoms with Gasteiger partial charge in [0.15, 0.2) is 0 Å². The third-order valence-electron chi connectivity index (χ3n) is 3.37. The standard InChI is InChI=1S/C12H19N3O5/c16-10(7-1-2-7)13-3-4-14-12(19)15-9-6-20-5-8(9)11(17)18/h7-9H,1-6H2,(H,13,16)(H,17,18)(H2,14,15,19). The number of hydrogen-bond acceptors (Lipinski definition) is 4. The molecule has 2 rings (SSSR count). The third kappa shape index (κ3) is 4.09. The molecule has 1 heterocycles. The molecule has 1 aliphatic heterocycles. The van der Waals surface area contributed by atoms with Crippen LogP contribution >= 0.6 is 0 Å². The molecule has 0 radical (unpaired) electrons. The van der Waals surface area contributed by atoms with Gasteiger partial charge in [0.25, 0.3) is 0 Å². The minimum Gasteiger partial charge on any atom is -0.481 e. The SMILES string of the molecule is O=C(NCCNC(=O)C1CC1)NC1COCC1C(=O)O. The van der Waals surface area contributed by atoms with Gasteiger partial charge in [0.05, 0.1) is 19.3 Å². The fraction of sp³-hybridized carbons (Fsp3) is 0.750. The Kier molecular flexibility index (Phi) is 4.78. The van der Waals surface area contributed by atoms with Gasteiger partial charge in [-0.2, -0.15) is 0 Å². The first-order valence-corrected chi connectivity index (χ1v) is 6.70. The second-order valence-electron chi connectivity index (χ2n) is 5.05. The van der Waals surface area contributed by atoms with E-state index in [-0.39, 0.29) is 25.0 Å². The van der Waals surface area contributed by atoms with E-state index in [1.165, 1.54) is 0 Å². The normalized spacial score (nSPS) is 25.0. The zero-order valence-corrected chi connectivity index (χ0v) is 11.1. The Labute approximate surface area is 116 Å². The molecular weight excluding hydrogens is 266 g/mol. The van der Waals surface area contributed by atoms with Crippen molar-refractivity contribution >= 4 is 17.9 Å². The van der Waals surface area contributed by atoms with E-state index in [0.717, 1.165) is 12.8 Å². The number of carbonyl (C=O) groups excluding carboxylic acids is 2. The lowest BCUT2D eigenvalue weighted by atomic mass is 10.0. The van der Waals surface area contributed by atoms with Gasteiger partial charge in [0.1, 0.15) is 5.92 Å². The fourth-order valence-electron chi connectivity index (χ4n) is 2.01. The monoisotopic (exact) mass is 285 g/mol. The van der Waals surface area contributed by atoms with Crippen LogP contribution < -0.4 is 16.0 Å². The van der Waals surface area contributed by atoms with E-state index in [0.29, 0.717) is 13.1 Å². The quantitative estimate of drug-likeness (QED) is 0.463. The zero-order chi connectivity index (χ0) is 14.5. The van der Waals surface area contributed by atoms with Gasteiger partial charge in [-0.15, -0.1) is 0 Å². The number of aliphatic carboxylic acids is 1. The van der Waals surface area contributed by atoms with E-state index in [4.69, 9.17) is 9.84 Å². The van der Waals surface area contributed by atoms with Gasteiger partial charge in [0.2, 0.25) is 5.91 Å². The van der Waals surface area contributed by atoms with Gasteiger partial charge in [0, 0.05) is 19.0 Å². The van der Waals surface area contributed by atoms with Crippen LogP contribution in [0.2, 0.25) is 0 Å². The van der Waals surface area contributed by atoms with E-state index >= 15 is 0 Å². The molecule has 4 N–H and O–H groups in total. The molecule has 1 saturated heterocycles. The second-order valence-corrected chi connectivity index (χ2v) is 5.05. The Hall–Kier alpha value is -1.83. The van der Waals surface area contributed by atoms with Crippen molar-refractivity contribution in [3.8, 4) is 0 Å². The minimum absolute atomic E-state index is 0.0299. The maximum atomic E-state index is 11.6. The van der Waals surface area contributed by atoms with E-state index in [2.05, 4.69) is 16.0 Å². The van der Waals surface area contributed by atoms with E-state index in [1.807, 2.05) is 0 Å². The Morgan fingerprint density at radius 2 is 1.80 bits per heavy atom. The van der Waals surface area contributed by atoms with Crippen LogP contribution in [-0.2, 0) is 14.3 Å². The van der Waals surface area contributed by atoms with Crippen molar-refractivity contribution in [3.63, 3.8) is 0 Å². The maximum absolute atomic E-state index is 11.6. The third-order valence-corrected chi connectivity index (χ3v) is 3.37. The first-order valence-electron chi connectivity index (χ1n) is 6.70. The summed E-state index contributed by atoms with van der Waals surface area (Å²) < 4.78 is 5.04. The van der Waals surface area contributed by atoms with Gasteiger partial charge >= 0.3 is 12.0 Å². The number of carbonyl (C=O) groups is 3. The second kappa shape index (κ2) is 6.56.